The normalized spacial score (nSPS) is 16.0. The monoisotopic (exact) mass is 468 g/mol. The van der Waals surface area contributed by atoms with Crippen molar-refractivity contribution in [3.63, 3.8) is 0 Å². The number of carbonyl (C=O) groups is 2. The van der Waals surface area contributed by atoms with Gasteiger partial charge in [0.25, 0.3) is 5.91 Å². The van der Waals surface area contributed by atoms with Crippen LogP contribution in [-0.4, -0.2) is 53.0 Å². The molecule has 0 aliphatic carbocycles. The molecule has 1 aliphatic heterocycles. The van der Waals surface area contributed by atoms with Gasteiger partial charge >= 0.3 is 5.97 Å². The van der Waals surface area contributed by atoms with Crippen LogP contribution in [0.15, 0.2) is 33.8 Å². The number of hydrogen-bond acceptors (Lipinski definition) is 6. The molecule has 2 heterocycles. The molecule has 1 amide bonds. The Balaban J connectivity index is 2.00. The fraction of sp³-hybridized carbons (Fsp3) is 0.278. The first-order chi connectivity index (χ1) is 12.9. The number of nitrogens with zero attached hydrogens (tertiary/aromatic N) is 2. The molecule has 0 saturated carbocycles. The summed E-state index contributed by atoms with van der Waals surface area (Å²) in [6, 6.07) is 5.79. The number of benzene rings is 1. The van der Waals surface area contributed by atoms with Gasteiger partial charge in [-0.1, -0.05) is 39.9 Å². The Hall–Kier alpha value is -1.68. The number of methoxy groups -OCH3 is 2. The number of ether oxygens (including phenoxy) is 2. The number of rotatable bonds is 6. The number of halogens is 1. The summed E-state index contributed by atoms with van der Waals surface area (Å²) in [4.78, 5) is 26.5. The van der Waals surface area contributed by atoms with Gasteiger partial charge in [-0.2, -0.15) is 0 Å². The summed E-state index contributed by atoms with van der Waals surface area (Å²) in [6.07, 6.45) is 3.66. The minimum atomic E-state index is -0.341. The summed E-state index contributed by atoms with van der Waals surface area (Å²) >= 11 is 10.1. The molecule has 0 N–H and O–H groups in total. The van der Waals surface area contributed by atoms with E-state index >= 15 is 0 Å². The molecule has 0 atom stereocenters. The third-order valence-corrected chi connectivity index (χ3v) is 5.95. The van der Waals surface area contributed by atoms with Gasteiger partial charge in [0.1, 0.15) is 10.9 Å². The van der Waals surface area contributed by atoms with Crippen LogP contribution in [0, 0.1) is 0 Å². The number of thioether (sulfide) groups is 1. The molecule has 3 rings (SSSR count). The van der Waals surface area contributed by atoms with E-state index in [2.05, 4.69) is 15.9 Å². The van der Waals surface area contributed by atoms with Crippen molar-refractivity contribution in [3.05, 3.63) is 39.3 Å². The van der Waals surface area contributed by atoms with Gasteiger partial charge in [-0.05, 0) is 24.3 Å². The summed E-state index contributed by atoms with van der Waals surface area (Å²) in [7, 11) is 2.94. The molecule has 0 radical (unpaired) electrons. The van der Waals surface area contributed by atoms with Crippen LogP contribution in [-0.2, 0) is 25.6 Å². The van der Waals surface area contributed by atoms with E-state index in [1.807, 2.05) is 35.0 Å². The third kappa shape index (κ3) is 4.26. The molecule has 0 bridgehead atoms. The number of amides is 1. The first kappa shape index (κ1) is 20.1. The van der Waals surface area contributed by atoms with E-state index in [0.29, 0.717) is 22.4 Å². The first-order valence-electron chi connectivity index (χ1n) is 8.04. The molecule has 1 fully saturated rings. The largest absolute Gasteiger partial charge is 0.468 e. The van der Waals surface area contributed by atoms with Crippen LogP contribution in [0.3, 0.4) is 0 Å². The first-order valence-corrected chi connectivity index (χ1v) is 10.1. The molecule has 2 aromatic rings. The van der Waals surface area contributed by atoms with Gasteiger partial charge in [0.15, 0.2) is 0 Å². The number of aromatic nitrogens is 1. The molecule has 1 saturated heterocycles. The van der Waals surface area contributed by atoms with Gasteiger partial charge in [0.2, 0.25) is 0 Å². The van der Waals surface area contributed by atoms with E-state index in [-0.39, 0.29) is 18.4 Å². The Kier molecular flexibility index (Phi) is 6.36. The zero-order valence-electron chi connectivity index (χ0n) is 14.7. The van der Waals surface area contributed by atoms with Gasteiger partial charge < -0.3 is 14.0 Å². The fourth-order valence-electron chi connectivity index (χ4n) is 2.76. The summed E-state index contributed by atoms with van der Waals surface area (Å²) < 4.78 is 13.1. The maximum absolute atomic E-state index is 12.7. The molecular weight excluding hydrogens is 452 g/mol. The second-order valence-electron chi connectivity index (χ2n) is 5.78. The maximum atomic E-state index is 12.7. The van der Waals surface area contributed by atoms with Gasteiger partial charge in [0.05, 0.1) is 25.2 Å². The summed E-state index contributed by atoms with van der Waals surface area (Å²) in [5.74, 6) is -0.474. The number of hydrogen-bond donors (Lipinski definition) is 0. The molecule has 1 aromatic heterocycles. The minimum Gasteiger partial charge on any atom is -0.468 e. The predicted molar refractivity (Wildman–Crippen MR) is 113 cm³/mol. The third-order valence-electron chi connectivity index (χ3n) is 4.08. The lowest BCUT2D eigenvalue weighted by Gasteiger charge is -2.12. The van der Waals surface area contributed by atoms with Crippen molar-refractivity contribution in [1.82, 2.24) is 9.47 Å². The minimum absolute atomic E-state index is 0.0945. The molecule has 0 unspecified atom stereocenters. The van der Waals surface area contributed by atoms with Crippen LogP contribution in [0.1, 0.15) is 5.56 Å². The van der Waals surface area contributed by atoms with Gasteiger partial charge in [-0.3, -0.25) is 14.5 Å². The average molecular weight is 469 g/mol. The Morgan fingerprint density at radius 3 is 2.85 bits per heavy atom. The van der Waals surface area contributed by atoms with E-state index in [0.717, 1.165) is 20.9 Å². The van der Waals surface area contributed by atoms with Crippen molar-refractivity contribution >= 4 is 73.1 Å². The summed E-state index contributed by atoms with van der Waals surface area (Å²) in [6.45, 7) is 0.941. The lowest BCUT2D eigenvalue weighted by atomic mass is 10.1. The SMILES string of the molecule is COCCN1C(=O)/C(=C/c2cn(CC(=O)OC)c3ccc(Br)cc23)SC1=S. The molecule has 9 heteroatoms. The highest BCUT2D eigenvalue weighted by molar-refractivity contribution is 9.10. The second-order valence-corrected chi connectivity index (χ2v) is 8.37. The molecular formula is C18H17BrN2O4S2. The molecule has 6 nitrogen and oxygen atoms in total. The molecule has 1 aromatic carbocycles. The van der Waals surface area contributed by atoms with E-state index in [4.69, 9.17) is 21.7 Å². The van der Waals surface area contributed by atoms with Gasteiger partial charge in [-0.15, -0.1) is 0 Å². The highest BCUT2D eigenvalue weighted by Gasteiger charge is 2.31. The Bertz CT molecular complexity index is 954. The average Bonchev–Trinajstić information content (AvgIpc) is 3.10. The highest BCUT2D eigenvalue weighted by atomic mass is 79.9. The molecule has 142 valence electrons. The summed E-state index contributed by atoms with van der Waals surface area (Å²) in [5.41, 5.74) is 1.71. The summed E-state index contributed by atoms with van der Waals surface area (Å²) in [5, 5.41) is 0.926. The molecule has 1 aliphatic rings. The van der Waals surface area contributed by atoms with Crippen molar-refractivity contribution in [2.75, 3.05) is 27.4 Å². The second kappa shape index (κ2) is 8.55. The Labute approximate surface area is 174 Å². The van der Waals surface area contributed by atoms with E-state index in [9.17, 15) is 9.59 Å². The van der Waals surface area contributed by atoms with Crippen molar-refractivity contribution in [1.29, 1.82) is 0 Å². The highest BCUT2D eigenvalue weighted by Crippen LogP contribution is 2.34. The van der Waals surface area contributed by atoms with Crippen LogP contribution in [0.5, 0.6) is 0 Å². The van der Waals surface area contributed by atoms with Gasteiger partial charge in [0, 0.05) is 34.2 Å². The standard InChI is InChI=1S/C18H17BrN2O4S2/c1-24-6-5-21-17(23)15(27-18(21)26)7-11-9-20(10-16(22)25-2)14-4-3-12(19)8-13(11)14/h3-4,7-9H,5-6,10H2,1-2H3/b15-7-. The number of thiocarbonyl (C=S) groups is 1. The van der Waals surface area contributed by atoms with Crippen LogP contribution in [0.2, 0.25) is 0 Å². The topological polar surface area (TPSA) is 60.8 Å². The fourth-order valence-corrected chi connectivity index (χ4v) is 4.42. The van der Waals surface area contributed by atoms with Crippen molar-refractivity contribution in [2.24, 2.45) is 0 Å². The van der Waals surface area contributed by atoms with E-state index in [1.54, 1.807) is 12.0 Å². The van der Waals surface area contributed by atoms with Crippen LogP contribution < -0.4 is 0 Å². The number of esters is 1. The number of carbonyl (C=O) groups excluding carboxylic acids is 2. The van der Waals surface area contributed by atoms with E-state index < -0.39 is 0 Å². The Morgan fingerprint density at radius 2 is 2.15 bits per heavy atom. The number of fused-ring (bicyclic) bond motifs is 1. The predicted octanol–water partition coefficient (Wildman–Crippen LogP) is 3.42. The van der Waals surface area contributed by atoms with Gasteiger partial charge in [-0.25, -0.2) is 0 Å². The van der Waals surface area contributed by atoms with E-state index in [1.165, 1.54) is 18.9 Å². The molecule has 27 heavy (non-hydrogen) atoms. The van der Waals surface area contributed by atoms with Crippen LogP contribution in [0.25, 0.3) is 17.0 Å². The molecule has 0 spiro atoms. The van der Waals surface area contributed by atoms with Crippen molar-refractivity contribution in [2.45, 2.75) is 6.54 Å². The Morgan fingerprint density at radius 1 is 1.37 bits per heavy atom. The lowest BCUT2D eigenvalue weighted by molar-refractivity contribution is -0.141. The zero-order chi connectivity index (χ0) is 19.6. The quantitative estimate of drug-likeness (QED) is 0.367. The lowest BCUT2D eigenvalue weighted by Crippen LogP contribution is -2.31. The maximum Gasteiger partial charge on any atom is 0.325 e. The van der Waals surface area contributed by atoms with Crippen molar-refractivity contribution in [3.8, 4) is 0 Å². The van der Waals surface area contributed by atoms with Crippen LogP contribution >= 0.6 is 39.9 Å². The zero-order valence-corrected chi connectivity index (χ0v) is 17.9. The van der Waals surface area contributed by atoms with Crippen molar-refractivity contribution < 1.29 is 19.1 Å². The van der Waals surface area contributed by atoms with Crippen LogP contribution in [0.4, 0.5) is 0 Å². The smallest absolute Gasteiger partial charge is 0.325 e.